The van der Waals surface area contributed by atoms with Crippen molar-refractivity contribution in [3.8, 4) is 34.5 Å². The molecule has 142 valence electrons. The molecule has 3 rings (SSSR count). The molecule has 1 heterocycles. The molecule has 0 aromatic heterocycles. The Morgan fingerprint density at radius 2 is 1.31 bits per heavy atom. The van der Waals surface area contributed by atoms with Crippen molar-refractivity contribution in [2.24, 2.45) is 0 Å². The Hall–Kier alpha value is -2.66. The number of hydrogen-bond acceptors (Lipinski definition) is 10. The van der Waals surface area contributed by atoms with Gasteiger partial charge in [0, 0.05) is 10.8 Å². The molecule has 2 aromatic carbocycles. The molecule has 8 N–H and O–H groups in total. The van der Waals surface area contributed by atoms with E-state index in [-0.39, 0.29) is 16.5 Å². The molecule has 5 atom stereocenters. The average Bonchev–Trinajstić information content (AvgIpc) is 2.61. The summed E-state index contributed by atoms with van der Waals surface area (Å²) in [6, 6.07) is 2.00. The maximum absolute atomic E-state index is 10.1. The number of phenols is 5. The van der Waals surface area contributed by atoms with Gasteiger partial charge in [0.15, 0.2) is 23.0 Å². The lowest BCUT2D eigenvalue weighted by Crippen LogP contribution is -2.58. The van der Waals surface area contributed by atoms with Crippen LogP contribution >= 0.6 is 0 Å². The molecule has 0 radical (unpaired) electrons. The number of aromatic hydroxyl groups is 5. The minimum Gasteiger partial charge on any atom is -0.504 e. The largest absolute Gasteiger partial charge is 0.504 e. The second-order valence-electron chi connectivity index (χ2n) is 6.06. The third-order valence-electron chi connectivity index (χ3n) is 4.33. The molecule has 0 aliphatic carbocycles. The summed E-state index contributed by atoms with van der Waals surface area (Å²) in [6.07, 6.45) is -6.85. The normalized spacial score (nSPS) is 29.0. The van der Waals surface area contributed by atoms with E-state index in [1.54, 1.807) is 0 Å². The van der Waals surface area contributed by atoms with Gasteiger partial charge in [-0.05, 0) is 19.1 Å². The summed E-state index contributed by atoms with van der Waals surface area (Å²) >= 11 is 0. The molecule has 1 saturated heterocycles. The van der Waals surface area contributed by atoms with E-state index in [4.69, 9.17) is 9.47 Å². The molecule has 1 aliphatic rings. The van der Waals surface area contributed by atoms with Crippen molar-refractivity contribution in [3.05, 3.63) is 12.1 Å². The zero-order valence-electron chi connectivity index (χ0n) is 13.4. The SMILES string of the molecule is C[C@@H]1O[C@@H](Oc2cc3c(O)c(O)c(O)c(O)c3cc2O)[C@H](O)[C@H](O)[C@H]1O. The second-order valence-corrected chi connectivity index (χ2v) is 6.06. The Balaban J connectivity index is 2.02. The molecule has 10 nitrogen and oxygen atoms in total. The van der Waals surface area contributed by atoms with Crippen molar-refractivity contribution in [3.63, 3.8) is 0 Å². The average molecular weight is 370 g/mol. The molecule has 0 saturated carbocycles. The second kappa shape index (κ2) is 6.25. The molecular formula is C16H18O10. The van der Waals surface area contributed by atoms with Crippen molar-refractivity contribution < 1.29 is 50.3 Å². The zero-order valence-corrected chi connectivity index (χ0v) is 13.4. The first-order chi connectivity index (χ1) is 12.1. The zero-order chi connectivity index (χ0) is 19.3. The number of rotatable bonds is 2. The van der Waals surface area contributed by atoms with E-state index in [1.165, 1.54) is 6.92 Å². The summed E-state index contributed by atoms with van der Waals surface area (Å²) in [5, 5.41) is 78.1. The predicted molar refractivity (Wildman–Crippen MR) is 85.3 cm³/mol. The highest BCUT2D eigenvalue weighted by atomic mass is 16.7. The Bertz CT molecular complexity index is 851. The van der Waals surface area contributed by atoms with Gasteiger partial charge in [0.25, 0.3) is 0 Å². The monoisotopic (exact) mass is 370 g/mol. The van der Waals surface area contributed by atoms with Crippen LogP contribution in [0.15, 0.2) is 12.1 Å². The van der Waals surface area contributed by atoms with Gasteiger partial charge in [0.1, 0.15) is 18.3 Å². The Labute approximate surface area is 146 Å². The summed E-state index contributed by atoms with van der Waals surface area (Å²) in [4.78, 5) is 0. The number of ether oxygens (including phenoxy) is 2. The number of fused-ring (bicyclic) bond motifs is 1. The van der Waals surface area contributed by atoms with Crippen molar-refractivity contribution in [2.75, 3.05) is 0 Å². The van der Waals surface area contributed by atoms with Crippen LogP contribution in [0.4, 0.5) is 0 Å². The number of aliphatic hydroxyl groups excluding tert-OH is 3. The topological polar surface area (TPSA) is 180 Å². The van der Waals surface area contributed by atoms with E-state index in [0.717, 1.165) is 12.1 Å². The fraction of sp³-hybridized carbons (Fsp3) is 0.375. The summed E-state index contributed by atoms with van der Waals surface area (Å²) in [6.45, 7) is 1.45. The predicted octanol–water partition coefficient (Wildman–Crippen LogP) is -0.426. The van der Waals surface area contributed by atoms with Crippen LogP contribution in [0, 0.1) is 0 Å². The van der Waals surface area contributed by atoms with Crippen LogP contribution in [-0.4, -0.2) is 71.6 Å². The van der Waals surface area contributed by atoms with Crippen molar-refractivity contribution in [1.82, 2.24) is 0 Å². The molecular weight excluding hydrogens is 352 g/mol. The van der Waals surface area contributed by atoms with Crippen molar-refractivity contribution in [1.29, 1.82) is 0 Å². The number of phenolic OH excluding ortho intramolecular Hbond substituents is 5. The van der Waals surface area contributed by atoms with Crippen LogP contribution in [0.1, 0.15) is 6.92 Å². The van der Waals surface area contributed by atoms with E-state index in [1.807, 2.05) is 0 Å². The highest BCUT2D eigenvalue weighted by molar-refractivity contribution is 5.99. The van der Waals surface area contributed by atoms with Crippen molar-refractivity contribution >= 4 is 10.8 Å². The first-order valence-electron chi connectivity index (χ1n) is 7.62. The van der Waals surface area contributed by atoms with Crippen LogP contribution in [0.25, 0.3) is 10.8 Å². The van der Waals surface area contributed by atoms with Crippen LogP contribution in [0.2, 0.25) is 0 Å². The van der Waals surface area contributed by atoms with E-state index in [2.05, 4.69) is 0 Å². The first kappa shape index (κ1) is 18.1. The lowest BCUT2D eigenvalue weighted by Gasteiger charge is -2.38. The lowest BCUT2D eigenvalue weighted by atomic mass is 10.00. The Morgan fingerprint density at radius 1 is 0.769 bits per heavy atom. The Kier molecular flexibility index (Phi) is 4.36. The third-order valence-corrected chi connectivity index (χ3v) is 4.33. The van der Waals surface area contributed by atoms with Gasteiger partial charge in [-0.1, -0.05) is 0 Å². The van der Waals surface area contributed by atoms with Gasteiger partial charge in [-0.2, -0.15) is 0 Å². The molecule has 0 unspecified atom stereocenters. The lowest BCUT2D eigenvalue weighted by molar-refractivity contribution is -0.268. The van der Waals surface area contributed by atoms with E-state index < -0.39 is 59.5 Å². The molecule has 0 bridgehead atoms. The first-order valence-corrected chi connectivity index (χ1v) is 7.62. The highest BCUT2D eigenvalue weighted by Gasteiger charge is 2.43. The number of hydrogen-bond donors (Lipinski definition) is 8. The smallest absolute Gasteiger partial charge is 0.229 e. The fourth-order valence-corrected chi connectivity index (χ4v) is 2.77. The summed E-state index contributed by atoms with van der Waals surface area (Å²) in [5.41, 5.74) is 0. The van der Waals surface area contributed by atoms with Crippen LogP contribution in [-0.2, 0) is 4.74 Å². The molecule has 10 heteroatoms. The molecule has 0 amide bonds. The minimum atomic E-state index is -1.63. The molecule has 2 aromatic rings. The summed E-state index contributed by atoms with van der Waals surface area (Å²) in [7, 11) is 0. The van der Waals surface area contributed by atoms with E-state index >= 15 is 0 Å². The maximum Gasteiger partial charge on any atom is 0.229 e. The Morgan fingerprint density at radius 3 is 1.88 bits per heavy atom. The highest BCUT2D eigenvalue weighted by Crippen LogP contribution is 2.51. The standard InChI is InChI=1S/C16H18O10/c1-4-9(18)12(21)15(24)16(25-4)26-8-3-6-5(2-7(8)17)10(19)13(22)14(23)11(6)20/h2-4,9,12,15-24H,1H3/t4-,9-,12+,15+,16-/m0/s1. The van der Waals surface area contributed by atoms with Crippen molar-refractivity contribution in [2.45, 2.75) is 37.6 Å². The molecule has 26 heavy (non-hydrogen) atoms. The molecule has 1 fully saturated rings. The quantitative estimate of drug-likeness (QED) is 0.255. The van der Waals surface area contributed by atoms with Gasteiger partial charge >= 0.3 is 0 Å². The van der Waals surface area contributed by atoms with Gasteiger partial charge in [-0.25, -0.2) is 0 Å². The van der Waals surface area contributed by atoms with E-state index in [9.17, 15) is 40.9 Å². The van der Waals surface area contributed by atoms with Crippen LogP contribution < -0.4 is 4.74 Å². The number of aliphatic hydroxyl groups is 3. The molecule has 1 aliphatic heterocycles. The van der Waals surface area contributed by atoms with Gasteiger partial charge in [0.2, 0.25) is 17.8 Å². The van der Waals surface area contributed by atoms with Gasteiger partial charge in [0.05, 0.1) is 6.10 Å². The van der Waals surface area contributed by atoms with Crippen LogP contribution in [0.3, 0.4) is 0 Å². The van der Waals surface area contributed by atoms with Gasteiger partial charge in [-0.3, -0.25) is 0 Å². The third kappa shape index (κ3) is 2.69. The summed E-state index contributed by atoms with van der Waals surface area (Å²) in [5.74, 6) is -4.31. The number of benzene rings is 2. The minimum absolute atomic E-state index is 0.162. The van der Waals surface area contributed by atoms with Crippen LogP contribution in [0.5, 0.6) is 34.5 Å². The fourth-order valence-electron chi connectivity index (χ4n) is 2.77. The molecule has 0 spiro atoms. The van der Waals surface area contributed by atoms with Gasteiger partial charge < -0.3 is 50.3 Å². The maximum atomic E-state index is 10.1. The van der Waals surface area contributed by atoms with Gasteiger partial charge in [-0.15, -0.1) is 0 Å². The summed E-state index contributed by atoms with van der Waals surface area (Å²) < 4.78 is 10.6. The van der Waals surface area contributed by atoms with E-state index in [0.29, 0.717) is 0 Å².